The molecule has 1 heterocycles. The predicted molar refractivity (Wildman–Crippen MR) is 49.8 cm³/mol. The summed E-state index contributed by atoms with van der Waals surface area (Å²) in [5.74, 6) is 0.185. The first-order valence-electron chi connectivity index (χ1n) is 4.62. The number of carbonyl (C=O) groups excluding carboxylic acids is 1. The summed E-state index contributed by atoms with van der Waals surface area (Å²) in [4.78, 5) is 11.1. The summed E-state index contributed by atoms with van der Waals surface area (Å²) in [5, 5.41) is 0. The quantitative estimate of drug-likeness (QED) is 0.684. The molecule has 1 unspecified atom stereocenters. The Bertz CT molecular complexity index is 374. The molecular weight excluding hydrogens is 183 g/mol. The Morgan fingerprint density at radius 3 is 3.07 bits per heavy atom. The second kappa shape index (κ2) is 3.40. The first kappa shape index (κ1) is 9.19. The summed E-state index contributed by atoms with van der Waals surface area (Å²) in [6.07, 6.45) is 1.07. The van der Waals surface area contributed by atoms with Crippen molar-refractivity contribution in [3.63, 3.8) is 0 Å². The minimum absolute atomic E-state index is 0.0000822. The van der Waals surface area contributed by atoms with Gasteiger partial charge in [0, 0.05) is 6.07 Å². The highest BCUT2D eigenvalue weighted by Crippen LogP contribution is 2.28. The second-order valence-corrected chi connectivity index (χ2v) is 3.51. The maximum atomic E-state index is 12.9. The van der Waals surface area contributed by atoms with Crippen molar-refractivity contribution in [3.05, 3.63) is 29.6 Å². The Morgan fingerprint density at radius 2 is 2.36 bits per heavy atom. The van der Waals surface area contributed by atoms with E-state index in [-0.39, 0.29) is 11.6 Å². The Kier molecular flexibility index (Phi) is 2.23. The van der Waals surface area contributed by atoms with Gasteiger partial charge >= 0.3 is 0 Å². The van der Waals surface area contributed by atoms with Gasteiger partial charge in [0.1, 0.15) is 11.6 Å². The van der Waals surface area contributed by atoms with Crippen LogP contribution in [-0.2, 0) is 11.2 Å². The number of rotatable bonds is 1. The van der Waals surface area contributed by atoms with E-state index in [0.717, 1.165) is 12.0 Å². The summed E-state index contributed by atoms with van der Waals surface area (Å²) in [7, 11) is 0. The van der Waals surface area contributed by atoms with Crippen LogP contribution in [0.1, 0.15) is 18.9 Å². The number of carbonyl (C=O) groups is 1. The number of hydrogen-bond acceptors (Lipinski definition) is 2. The average Bonchev–Trinajstić information content (AvgIpc) is 2.16. The molecule has 3 heteroatoms. The lowest BCUT2D eigenvalue weighted by Crippen LogP contribution is -2.29. The fraction of sp³-hybridized carbons (Fsp3) is 0.364. The molecule has 0 saturated heterocycles. The fourth-order valence-electron chi connectivity index (χ4n) is 1.63. The van der Waals surface area contributed by atoms with Gasteiger partial charge < -0.3 is 4.74 Å². The summed E-state index contributed by atoms with van der Waals surface area (Å²) in [6.45, 7) is 1.49. The van der Waals surface area contributed by atoms with Crippen LogP contribution in [0.4, 0.5) is 4.39 Å². The summed E-state index contributed by atoms with van der Waals surface area (Å²) in [5.41, 5.74) is 0.976. The lowest BCUT2D eigenvalue weighted by atomic mass is 10.0. The van der Waals surface area contributed by atoms with E-state index >= 15 is 0 Å². The molecule has 1 aliphatic rings. The van der Waals surface area contributed by atoms with Gasteiger partial charge in [0.05, 0.1) is 0 Å². The van der Waals surface area contributed by atoms with Gasteiger partial charge in [-0.2, -0.15) is 0 Å². The third-order valence-corrected chi connectivity index (χ3v) is 2.43. The monoisotopic (exact) mass is 194 g/mol. The Morgan fingerprint density at radius 1 is 1.57 bits per heavy atom. The summed E-state index contributed by atoms with van der Waals surface area (Å²) < 4.78 is 18.2. The zero-order valence-electron chi connectivity index (χ0n) is 7.92. The number of fused-ring (bicyclic) bond motifs is 1. The van der Waals surface area contributed by atoms with Gasteiger partial charge in [-0.05, 0) is 31.4 Å². The molecule has 1 aromatic carbocycles. The molecule has 0 saturated carbocycles. The Labute approximate surface area is 81.7 Å². The highest BCUT2D eigenvalue weighted by atomic mass is 19.1. The molecule has 0 radical (unpaired) electrons. The number of benzene rings is 1. The minimum Gasteiger partial charge on any atom is -0.482 e. The van der Waals surface area contributed by atoms with Gasteiger partial charge in [0.2, 0.25) is 0 Å². The van der Waals surface area contributed by atoms with Crippen molar-refractivity contribution in [1.82, 2.24) is 0 Å². The van der Waals surface area contributed by atoms with Crippen LogP contribution in [0.5, 0.6) is 5.75 Å². The molecule has 0 N–H and O–H groups in total. The van der Waals surface area contributed by atoms with E-state index in [1.54, 1.807) is 6.07 Å². The molecule has 1 aromatic rings. The van der Waals surface area contributed by atoms with Crippen molar-refractivity contribution in [1.29, 1.82) is 0 Å². The van der Waals surface area contributed by atoms with E-state index in [0.29, 0.717) is 12.2 Å². The van der Waals surface area contributed by atoms with Crippen molar-refractivity contribution < 1.29 is 13.9 Å². The Balaban J connectivity index is 2.29. The molecule has 0 aliphatic carbocycles. The maximum absolute atomic E-state index is 12.9. The number of ether oxygens (including phenoxy) is 1. The molecule has 0 aromatic heterocycles. The molecule has 2 nitrogen and oxygen atoms in total. The third-order valence-electron chi connectivity index (χ3n) is 2.43. The smallest absolute Gasteiger partial charge is 0.170 e. The molecule has 0 amide bonds. The van der Waals surface area contributed by atoms with Gasteiger partial charge in [0.25, 0.3) is 0 Å². The van der Waals surface area contributed by atoms with Crippen LogP contribution >= 0.6 is 0 Å². The first-order chi connectivity index (χ1) is 6.66. The lowest BCUT2D eigenvalue weighted by Gasteiger charge is -2.23. The average molecular weight is 194 g/mol. The molecule has 14 heavy (non-hydrogen) atoms. The van der Waals surface area contributed by atoms with Crippen molar-refractivity contribution >= 4 is 5.78 Å². The lowest BCUT2D eigenvalue weighted by molar-refractivity contribution is -0.124. The number of hydrogen-bond donors (Lipinski definition) is 0. The number of Topliss-reactive ketones (excluding diaryl/α,β-unsaturated/α-hetero) is 1. The van der Waals surface area contributed by atoms with Crippen LogP contribution in [0.15, 0.2) is 18.2 Å². The standard InChI is InChI=1S/C11H11FO2/c1-7(13)10-5-3-8-2-4-9(12)6-11(8)14-10/h2,4,6,10H,3,5H2,1H3. The second-order valence-electron chi connectivity index (χ2n) is 3.51. The van der Waals surface area contributed by atoms with Gasteiger partial charge in [-0.15, -0.1) is 0 Å². The van der Waals surface area contributed by atoms with E-state index in [1.807, 2.05) is 0 Å². The van der Waals surface area contributed by atoms with Crippen LogP contribution in [0.25, 0.3) is 0 Å². The highest BCUT2D eigenvalue weighted by Gasteiger charge is 2.23. The van der Waals surface area contributed by atoms with Crippen LogP contribution < -0.4 is 4.74 Å². The van der Waals surface area contributed by atoms with Gasteiger partial charge in [-0.25, -0.2) is 4.39 Å². The van der Waals surface area contributed by atoms with Gasteiger partial charge in [-0.1, -0.05) is 6.07 Å². The van der Waals surface area contributed by atoms with Crippen molar-refractivity contribution in [3.8, 4) is 5.75 Å². The molecular formula is C11H11FO2. The number of ketones is 1. The molecule has 0 spiro atoms. The summed E-state index contributed by atoms with van der Waals surface area (Å²) >= 11 is 0. The third kappa shape index (κ3) is 1.62. The molecule has 1 atom stereocenters. The topological polar surface area (TPSA) is 26.3 Å². The first-order valence-corrected chi connectivity index (χ1v) is 4.62. The maximum Gasteiger partial charge on any atom is 0.170 e. The zero-order valence-corrected chi connectivity index (χ0v) is 7.92. The molecule has 74 valence electrons. The van der Waals surface area contributed by atoms with Crippen molar-refractivity contribution in [2.45, 2.75) is 25.9 Å². The van der Waals surface area contributed by atoms with Gasteiger partial charge in [0.15, 0.2) is 11.9 Å². The van der Waals surface area contributed by atoms with Crippen LogP contribution in [0.2, 0.25) is 0 Å². The van der Waals surface area contributed by atoms with Crippen LogP contribution in [-0.4, -0.2) is 11.9 Å². The fourth-order valence-corrected chi connectivity index (χ4v) is 1.63. The summed E-state index contributed by atoms with van der Waals surface area (Å²) in [6, 6.07) is 4.46. The normalized spacial score (nSPS) is 19.7. The van der Waals surface area contributed by atoms with Crippen LogP contribution in [0.3, 0.4) is 0 Å². The van der Waals surface area contributed by atoms with Gasteiger partial charge in [-0.3, -0.25) is 4.79 Å². The number of aryl methyl sites for hydroxylation is 1. The predicted octanol–water partition coefficient (Wildman–Crippen LogP) is 2.11. The SMILES string of the molecule is CC(=O)C1CCc2ccc(F)cc2O1. The van der Waals surface area contributed by atoms with Crippen molar-refractivity contribution in [2.24, 2.45) is 0 Å². The Hall–Kier alpha value is -1.38. The molecule has 0 bridgehead atoms. The molecule has 2 rings (SSSR count). The van der Waals surface area contributed by atoms with E-state index in [2.05, 4.69) is 0 Å². The largest absolute Gasteiger partial charge is 0.482 e. The van der Waals surface area contributed by atoms with E-state index in [1.165, 1.54) is 19.1 Å². The van der Waals surface area contributed by atoms with E-state index < -0.39 is 6.10 Å². The number of halogens is 1. The van der Waals surface area contributed by atoms with E-state index in [4.69, 9.17) is 4.74 Å². The molecule has 0 fully saturated rings. The van der Waals surface area contributed by atoms with Crippen LogP contribution in [0, 0.1) is 5.82 Å². The van der Waals surface area contributed by atoms with E-state index in [9.17, 15) is 9.18 Å². The zero-order chi connectivity index (χ0) is 10.1. The molecule has 1 aliphatic heterocycles. The minimum atomic E-state index is -0.399. The van der Waals surface area contributed by atoms with Crippen molar-refractivity contribution in [2.75, 3.05) is 0 Å². The highest BCUT2D eigenvalue weighted by molar-refractivity contribution is 5.81.